The Morgan fingerprint density at radius 1 is 1.05 bits per heavy atom. The van der Waals surface area contributed by atoms with Crippen molar-refractivity contribution >= 4 is 0 Å². The van der Waals surface area contributed by atoms with Crippen LogP contribution in [0, 0.1) is 5.92 Å². The van der Waals surface area contributed by atoms with Crippen molar-refractivity contribution in [3.8, 4) is 0 Å². The average molecular weight is 298 g/mol. The summed E-state index contributed by atoms with van der Waals surface area (Å²) >= 11 is 0. The van der Waals surface area contributed by atoms with Gasteiger partial charge in [-0.15, -0.1) is 0 Å². The van der Waals surface area contributed by atoms with Crippen molar-refractivity contribution in [1.29, 1.82) is 0 Å². The molecule has 2 aliphatic carbocycles. The summed E-state index contributed by atoms with van der Waals surface area (Å²) in [5.41, 5.74) is 0. The maximum Gasteiger partial charge on any atom is 0.0589 e. The van der Waals surface area contributed by atoms with E-state index in [0.717, 1.165) is 18.9 Å². The first kappa shape index (κ1) is 17.2. The van der Waals surface area contributed by atoms with Gasteiger partial charge in [0.25, 0.3) is 0 Å². The molecule has 0 amide bonds. The molecule has 4 heteroatoms. The van der Waals surface area contributed by atoms with Gasteiger partial charge in [0.15, 0.2) is 0 Å². The van der Waals surface area contributed by atoms with E-state index in [1.807, 2.05) is 14.2 Å². The van der Waals surface area contributed by atoms with Crippen LogP contribution in [-0.4, -0.2) is 51.1 Å². The van der Waals surface area contributed by atoms with E-state index in [1.165, 1.54) is 32.1 Å². The van der Waals surface area contributed by atoms with E-state index in [-0.39, 0.29) is 0 Å². The highest BCUT2D eigenvalue weighted by Crippen LogP contribution is 2.32. The lowest BCUT2D eigenvalue weighted by molar-refractivity contribution is 0.103. The van der Waals surface area contributed by atoms with Crippen LogP contribution in [0.5, 0.6) is 0 Å². The first-order valence-corrected chi connectivity index (χ1v) is 8.71. The van der Waals surface area contributed by atoms with Gasteiger partial charge < -0.3 is 20.1 Å². The monoisotopic (exact) mass is 298 g/mol. The Labute approximate surface area is 130 Å². The molecule has 4 nitrogen and oxygen atoms in total. The van der Waals surface area contributed by atoms with Crippen LogP contribution in [0.4, 0.5) is 0 Å². The fourth-order valence-electron chi connectivity index (χ4n) is 4.27. The summed E-state index contributed by atoms with van der Waals surface area (Å²) in [6.45, 7) is 5.59. The summed E-state index contributed by atoms with van der Waals surface area (Å²) in [5.74, 6) is 0.733. The number of ether oxygens (including phenoxy) is 2. The average Bonchev–Trinajstić information content (AvgIpc) is 3.06. The van der Waals surface area contributed by atoms with Gasteiger partial charge in [-0.2, -0.15) is 0 Å². The third-order valence-electron chi connectivity index (χ3n) is 5.35. The van der Waals surface area contributed by atoms with E-state index in [2.05, 4.69) is 24.5 Å². The molecule has 0 radical (unpaired) electrons. The van der Waals surface area contributed by atoms with Crippen molar-refractivity contribution < 1.29 is 9.47 Å². The van der Waals surface area contributed by atoms with Crippen LogP contribution in [0.1, 0.15) is 52.4 Å². The van der Waals surface area contributed by atoms with Gasteiger partial charge in [0.05, 0.1) is 12.2 Å². The summed E-state index contributed by atoms with van der Waals surface area (Å²) in [6.07, 6.45) is 8.14. The van der Waals surface area contributed by atoms with Crippen molar-refractivity contribution in [1.82, 2.24) is 10.6 Å². The number of hydrogen-bond donors (Lipinski definition) is 2. The minimum absolute atomic E-state index is 0.440. The molecule has 0 spiro atoms. The maximum atomic E-state index is 5.58. The van der Waals surface area contributed by atoms with Gasteiger partial charge in [-0.05, 0) is 57.9 Å². The molecule has 0 bridgehead atoms. The van der Waals surface area contributed by atoms with Gasteiger partial charge in [0, 0.05) is 32.3 Å². The van der Waals surface area contributed by atoms with Crippen molar-refractivity contribution in [2.75, 3.05) is 20.8 Å². The summed E-state index contributed by atoms with van der Waals surface area (Å²) in [6, 6.07) is 1.84. The van der Waals surface area contributed by atoms with E-state index in [9.17, 15) is 0 Å². The molecular weight excluding hydrogens is 264 g/mol. The third kappa shape index (κ3) is 4.92. The fourth-order valence-corrected chi connectivity index (χ4v) is 4.27. The molecule has 2 fully saturated rings. The lowest BCUT2D eigenvalue weighted by atomic mass is 9.95. The Balaban J connectivity index is 1.76. The van der Waals surface area contributed by atoms with Crippen LogP contribution in [0.3, 0.4) is 0 Å². The number of nitrogens with one attached hydrogen (secondary N) is 2. The molecule has 0 aromatic heterocycles. The minimum atomic E-state index is 0.440. The van der Waals surface area contributed by atoms with E-state index < -0.39 is 0 Å². The summed E-state index contributed by atoms with van der Waals surface area (Å²) in [7, 11) is 3.68. The van der Waals surface area contributed by atoms with Crippen molar-refractivity contribution in [2.24, 2.45) is 5.92 Å². The van der Waals surface area contributed by atoms with Crippen molar-refractivity contribution in [3.63, 3.8) is 0 Å². The molecule has 2 saturated carbocycles. The molecular formula is C17H34N2O2. The van der Waals surface area contributed by atoms with Crippen LogP contribution in [-0.2, 0) is 9.47 Å². The quantitative estimate of drug-likeness (QED) is 0.722. The summed E-state index contributed by atoms with van der Waals surface area (Å²) < 4.78 is 11.1. The predicted octanol–water partition coefficient (Wildman–Crippen LogP) is 2.33. The lowest BCUT2D eigenvalue weighted by Crippen LogP contribution is -2.40. The Hall–Kier alpha value is -0.160. The highest BCUT2D eigenvalue weighted by atomic mass is 16.5. The molecule has 124 valence electrons. The zero-order chi connectivity index (χ0) is 15.2. The highest BCUT2D eigenvalue weighted by molar-refractivity contribution is 4.91. The molecule has 0 aliphatic heterocycles. The van der Waals surface area contributed by atoms with Gasteiger partial charge >= 0.3 is 0 Å². The maximum absolute atomic E-state index is 5.58. The molecule has 0 saturated heterocycles. The van der Waals surface area contributed by atoms with E-state index in [0.29, 0.717) is 30.3 Å². The molecule has 2 aliphatic rings. The van der Waals surface area contributed by atoms with E-state index in [4.69, 9.17) is 9.47 Å². The fraction of sp³-hybridized carbons (Fsp3) is 1.00. The van der Waals surface area contributed by atoms with Crippen LogP contribution >= 0.6 is 0 Å². The van der Waals surface area contributed by atoms with E-state index in [1.54, 1.807) is 0 Å². The zero-order valence-electron chi connectivity index (χ0n) is 14.2. The Morgan fingerprint density at radius 3 is 2.43 bits per heavy atom. The molecule has 2 unspecified atom stereocenters. The lowest BCUT2D eigenvalue weighted by Gasteiger charge is -2.26. The standard InChI is InChI=1S/C17H34N2O2/c1-5-18-17-11-16(21-4)9-13(17)8-12(2)19-14-6-7-15(10-14)20-3/h12-19H,5-11H2,1-4H3/t12?,13?,14-,15+,16-,17+/m1/s1. The largest absolute Gasteiger partial charge is 0.381 e. The topological polar surface area (TPSA) is 42.5 Å². The second-order valence-electron chi connectivity index (χ2n) is 6.92. The first-order chi connectivity index (χ1) is 10.2. The number of hydrogen-bond acceptors (Lipinski definition) is 4. The molecule has 21 heavy (non-hydrogen) atoms. The third-order valence-corrected chi connectivity index (χ3v) is 5.35. The Bertz CT molecular complexity index is 301. The molecule has 0 aromatic carbocycles. The Kier molecular flexibility index (Phi) is 6.93. The molecule has 6 atom stereocenters. The Morgan fingerprint density at radius 2 is 1.81 bits per heavy atom. The molecule has 2 N–H and O–H groups in total. The van der Waals surface area contributed by atoms with Crippen LogP contribution in [0.15, 0.2) is 0 Å². The second kappa shape index (κ2) is 8.47. The van der Waals surface area contributed by atoms with Crippen LogP contribution < -0.4 is 10.6 Å². The van der Waals surface area contributed by atoms with Crippen molar-refractivity contribution in [3.05, 3.63) is 0 Å². The summed E-state index contributed by atoms with van der Waals surface area (Å²) in [4.78, 5) is 0. The molecule has 2 rings (SSSR count). The van der Waals surface area contributed by atoms with Crippen LogP contribution in [0.2, 0.25) is 0 Å². The second-order valence-corrected chi connectivity index (χ2v) is 6.92. The van der Waals surface area contributed by atoms with Gasteiger partial charge in [0.1, 0.15) is 0 Å². The summed E-state index contributed by atoms with van der Waals surface area (Å²) in [5, 5.41) is 7.46. The van der Waals surface area contributed by atoms with Crippen molar-refractivity contribution in [2.45, 2.75) is 82.7 Å². The first-order valence-electron chi connectivity index (χ1n) is 8.71. The molecule has 0 aromatic rings. The predicted molar refractivity (Wildman–Crippen MR) is 86.6 cm³/mol. The highest BCUT2D eigenvalue weighted by Gasteiger charge is 2.35. The number of methoxy groups -OCH3 is 2. The zero-order valence-corrected chi connectivity index (χ0v) is 14.2. The van der Waals surface area contributed by atoms with E-state index >= 15 is 0 Å². The minimum Gasteiger partial charge on any atom is -0.381 e. The van der Waals surface area contributed by atoms with Gasteiger partial charge in [-0.3, -0.25) is 0 Å². The SMILES string of the molecule is CCN[C@H]1C[C@H](OC)CC1CC(C)N[C@@H]1CC[C@H](OC)C1. The smallest absolute Gasteiger partial charge is 0.0589 e. The van der Waals surface area contributed by atoms with Crippen LogP contribution in [0.25, 0.3) is 0 Å². The van der Waals surface area contributed by atoms with Gasteiger partial charge in [-0.25, -0.2) is 0 Å². The van der Waals surface area contributed by atoms with Gasteiger partial charge in [0.2, 0.25) is 0 Å². The van der Waals surface area contributed by atoms with Gasteiger partial charge in [-0.1, -0.05) is 6.92 Å². The normalized spacial score (nSPS) is 38.0. The molecule has 0 heterocycles. The number of rotatable bonds is 8.